The van der Waals surface area contributed by atoms with Crippen LogP contribution in [0.4, 0.5) is 0 Å². The summed E-state index contributed by atoms with van der Waals surface area (Å²) in [4.78, 5) is 10.7. The van der Waals surface area contributed by atoms with Crippen molar-refractivity contribution in [1.29, 1.82) is 0 Å². The van der Waals surface area contributed by atoms with Crippen molar-refractivity contribution in [2.24, 2.45) is 11.7 Å². The van der Waals surface area contributed by atoms with Crippen molar-refractivity contribution in [3.05, 3.63) is 0 Å². The summed E-state index contributed by atoms with van der Waals surface area (Å²) in [7, 11) is -3.16. The zero-order chi connectivity index (χ0) is 9.52. The number of nitrogens with zero attached hydrogens (tertiary/aromatic N) is 1. The van der Waals surface area contributed by atoms with E-state index in [-0.39, 0.29) is 18.5 Å². The van der Waals surface area contributed by atoms with Crippen LogP contribution in [0.1, 0.15) is 6.92 Å². The topological polar surface area (TPSA) is 80.5 Å². The van der Waals surface area contributed by atoms with Gasteiger partial charge in [0, 0.05) is 12.6 Å². The fraction of sp³-hybridized carbons (Fsp3) is 0.833. The van der Waals surface area contributed by atoms with E-state index in [1.165, 1.54) is 4.31 Å². The van der Waals surface area contributed by atoms with Crippen LogP contribution in [0.15, 0.2) is 0 Å². The standard InChI is InChI=1S/C6H12N2O3S/c1-4-5(6(7)9)3-8(4)12(2,10)11/h4-5H,3H2,1-2H3,(H2,7,9). The molecule has 5 nitrogen and oxygen atoms in total. The molecule has 0 aliphatic carbocycles. The Morgan fingerprint density at radius 2 is 2.08 bits per heavy atom. The third kappa shape index (κ3) is 1.44. The number of primary amides is 1. The van der Waals surface area contributed by atoms with Crippen LogP contribution < -0.4 is 5.73 Å². The molecule has 1 rings (SSSR count). The number of nitrogens with two attached hydrogens (primary N) is 1. The molecule has 1 aliphatic rings. The molecule has 0 aromatic heterocycles. The highest BCUT2D eigenvalue weighted by atomic mass is 32.2. The van der Waals surface area contributed by atoms with Gasteiger partial charge in [-0.15, -0.1) is 0 Å². The molecule has 2 unspecified atom stereocenters. The van der Waals surface area contributed by atoms with Crippen LogP contribution in [0.25, 0.3) is 0 Å². The molecule has 1 amide bonds. The van der Waals surface area contributed by atoms with Gasteiger partial charge in [-0.05, 0) is 6.92 Å². The van der Waals surface area contributed by atoms with Gasteiger partial charge in [0.05, 0.1) is 12.2 Å². The Kier molecular flexibility index (Phi) is 2.13. The number of hydrogen-bond acceptors (Lipinski definition) is 3. The van der Waals surface area contributed by atoms with Gasteiger partial charge in [-0.1, -0.05) is 0 Å². The third-order valence-electron chi connectivity index (χ3n) is 2.20. The van der Waals surface area contributed by atoms with Gasteiger partial charge < -0.3 is 5.73 Å². The zero-order valence-corrected chi connectivity index (χ0v) is 7.84. The molecule has 0 radical (unpaired) electrons. The molecule has 1 aliphatic heterocycles. The number of carbonyl (C=O) groups is 1. The molecule has 70 valence electrons. The van der Waals surface area contributed by atoms with Crippen LogP contribution in [-0.2, 0) is 14.8 Å². The Balaban J connectivity index is 2.67. The van der Waals surface area contributed by atoms with Crippen LogP contribution in [0.2, 0.25) is 0 Å². The number of hydrogen-bond donors (Lipinski definition) is 1. The van der Waals surface area contributed by atoms with E-state index in [0.29, 0.717) is 0 Å². The van der Waals surface area contributed by atoms with Gasteiger partial charge in [0.1, 0.15) is 0 Å². The normalized spacial score (nSPS) is 31.2. The average Bonchev–Trinajstić information content (AvgIpc) is 1.80. The molecule has 1 heterocycles. The van der Waals surface area contributed by atoms with Crippen LogP contribution in [0, 0.1) is 5.92 Å². The van der Waals surface area contributed by atoms with Gasteiger partial charge in [0.2, 0.25) is 15.9 Å². The van der Waals surface area contributed by atoms with E-state index < -0.39 is 15.9 Å². The van der Waals surface area contributed by atoms with E-state index in [1.54, 1.807) is 6.92 Å². The molecule has 1 fully saturated rings. The van der Waals surface area contributed by atoms with Gasteiger partial charge in [-0.3, -0.25) is 4.79 Å². The van der Waals surface area contributed by atoms with E-state index >= 15 is 0 Å². The smallest absolute Gasteiger partial charge is 0.223 e. The molecule has 0 aromatic carbocycles. The van der Waals surface area contributed by atoms with E-state index in [9.17, 15) is 13.2 Å². The lowest BCUT2D eigenvalue weighted by molar-refractivity contribution is -0.127. The van der Waals surface area contributed by atoms with Crippen molar-refractivity contribution in [3.8, 4) is 0 Å². The number of rotatable bonds is 2. The summed E-state index contributed by atoms with van der Waals surface area (Å²) in [6.07, 6.45) is 1.13. The van der Waals surface area contributed by atoms with Crippen LogP contribution in [0.5, 0.6) is 0 Å². The Morgan fingerprint density at radius 3 is 2.33 bits per heavy atom. The minimum Gasteiger partial charge on any atom is -0.369 e. The second-order valence-corrected chi connectivity index (χ2v) is 5.02. The molecule has 12 heavy (non-hydrogen) atoms. The lowest BCUT2D eigenvalue weighted by Gasteiger charge is -2.42. The summed E-state index contributed by atoms with van der Waals surface area (Å²) >= 11 is 0. The highest BCUT2D eigenvalue weighted by Gasteiger charge is 2.43. The second kappa shape index (κ2) is 2.70. The van der Waals surface area contributed by atoms with Crippen molar-refractivity contribution in [2.45, 2.75) is 13.0 Å². The first kappa shape index (κ1) is 9.47. The van der Waals surface area contributed by atoms with E-state index in [0.717, 1.165) is 6.26 Å². The highest BCUT2D eigenvalue weighted by molar-refractivity contribution is 7.88. The summed E-state index contributed by atoms with van der Waals surface area (Å²) in [5.41, 5.74) is 5.03. The lowest BCUT2D eigenvalue weighted by atomic mass is 9.93. The Bertz CT molecular complexity index is 298. The monoisotopic (exact) mass is 192 g/mol. The number of amides is 1. The van der Waals surface area contributed by atoms with Gasteiger partial charge in [-0.2, -0.15) is 4.31 Å². The molecule has 0 aromatic rings. The molecule has 2 atom stereocenters. The largest absolute Gasteiger partial charge is 0.369 e. The van der Waals surface area contributed by atoms with Crippen LogP contribution in [-0.4, -0.2) is 37.5 Å². The summed E-state index contributed by atoms with van der Waals surface area (Å²) < 4.78 is 23.2. The molecule has 1 saturated heterocycles. The fourth-order valence-corrected chi connectivity index (χ4v) is 2.52. The first-order valence-electron chi connectivity index (χ1n) is 3.60. The predicted octanol–water partition coefficient (Wildman–Crippen LogP) is -1.25. The van der Waals surface area contributed by atoms with E-state index in [1.807, 2.05) is 0 Å². The van der Waals surface area contributed by atoms with Gasteiger partial charge in [-0.25, -0.2) is 8.42 Å². The molecule has 0 saturated carbocycles. The Hall–Kier alpha value is -0.620. The molecule has 0 bridgehead atoms. The summed E-state index contributed by atoms with van der Waals surface area (Å²) in [6, 6.07) is -0.280. The molecule has 6 heteroatoms. The molecule has 0 spiro atoms. The van der Waals surface area contributed by atoms with Crippen molar-refractivity contribution in [2.75, 3.05) is 12.8 Å². The zero-order valence-electron chi connectivity index (χ0n) is 7.02. The van der Waals surface area contributed by atoms with Crippen LogP contribution >= 0.6 is 0 Å². The summed E-state index contributed by atoms with van der Waals surface area (Å²) in [5, 5.41) is 0. The molecular formula is C6H12N2O3S. The van der Waals surface area contributed by atoms with Gasteiger partial charge >= 0.3 is 0 Å². The maximum absolute atomic E-state index is 11.0. The Morgan fingerprint density at radius 1 is 1.58 bits per heavy atom. The van der Waals surface area contributed by atoms with Gasteiger partial charge in [0.25, 0.3) is 0 Å². The maximum atomic E-state index is 11.0. The van der Waals surface area contributed by atoms with Crippen molar-refractivity contribution < 1.29 is 13.2 Å². The van der Waals surface area contributed by atoms with Crippen molar-refractivity contribution in [3.63, 3.8) is 0 Å². The Labute approximate surface area is 71.6 Å². The first-order chi connectivity index (χ1) is 5.34. The third-order valence-corrected chi connectivity index (χ3v) is 3.54. The minimum absolute atomic E-state index is 0.231. The highest BCUT2D eigenvalue weighted by Crippen LogP contribution is 2.26. The molecular weight excluding hydrogens is 180 g/mol. The average molecular weight is 192 g/mol. The van der Waals surface area contributed by atoms with Gasteiger partial charge in [0.15, 0.2) is 0 Å². The number of sulfonamides is 1. The molecule has 2 N–H and O–H groups in total. The number of carbonyl (C=O) groups excluding carboxylic acids is 1. The van der Waals surface area contributed by atoms with E-state index in [4.69, 9.17) is 5.73 Å². The SMILES string of the molecule is CC1C(C(N)=O)CN1S(C)(=O)=O. The quantitative estimate of drug-likeness (QED) is 0.593. The van der Waals surface area contributed by atoms with Crippen molar-refractivity contribution >= 4 is 15.9 Å². The van der Waals surface area contributed by atoms with Crippen molar-refractivity contribution in [1.82, 2.24) is 4.31 Å². The minimum atomic E-state index is -3.16. The summed E-state index contributed by atoms with van der Waals surface area (Å²) in [5.74, 6) is -0.748. The van der Waals surface area contributed by atoms with E-state index in [2.05, 4.69) is 0 Å². The van der Waals surface area contributed by atoms with Crippen LogP contribution in [0.3, 0.4) is 0 Å². The lowest BCUT2D eigenvalue weighted by Crippen LogP contribution is -2.60. The fourth-order valence-electron chi connectivity index (χ4n) is 1.34. The second-order valence-electron chi connectivity index (χ2n) is 3.08. The maximum Gasteiger partial charge on any atom is 0.223 e. The first-order valence-corrected chi connectivity index (χ1v) is 5.45. The summed E-state index contributed by atoms with van der Waals surface area (Å²) in [6.45, 7) is 1.91. The predicted molar refractivity (Wildman–Crippen MR) is 43.7 cm³/mol.